The van der Waals surface area contributed by atoms with Gasteiger partial charge in [0, 0.05) is 6.42 Å². The van der Waals surface area contributed by atoms with Crippen molar-refractivity contribution >= 4 is 11.9 Å². The van der Waals surface area contributed by atoms with Crippen LogP contribution in [0.3, 0.4) is 0 Å². The summed E-state index contributed by atoms with van der Waals surface area (Å²) >= 11 is 0. The lowest BCUT2D eigenvalue weighted by atomic mass is 10.0. The van der Waals surface area contributed by atoms with Crippen LogP contribution < -0.4 is 5.32 Å². The molecule has 1 amide bonds. The summed E-state index contributed by atoms with van der Waals surface area (Å²) in [5, 5.41) is 23.8. The minimum Gasteiger partial charge on any atom is -0.462 e. The Bertz CT molecular complexity index is 1220. The van der Waals surface area contributed by atoms with Crippen molar-refractivity contribution in [3.8, 4) is 0 Å². The van der Waals surface area contributed by atoms with Crippen molar-refractivity contribution in [1.82, 2.24) is 5.32 Å². The second-order valence-corrected chi connectivity index (χ2v) is 19.0. The first-order valence-electron chi connectivity index (χ1n) is 28.2. The molecule has 0 saturated carbocycles. The predicted octanol–water partition coefficient (Wildman–Crippen LogP) is 17.3. The van der Waals surface area contributed by atoms with Gasteiger partial charge in [0.1, 0.15) is 6.10 Å². The quantitative estimate of drug-likeness (QED) is 0.0244. The van der Waals surface area contributed by atoms with Crippen molar-refractivity contribution in [2.45, 2.75) is 289 Å². The summed E-state index contributed by atoms with van der Waals surface area (Å²) in [6.07, 6.45) is 68.2. The Balaban J connectivity index is 4.71. The van der Waals surface area contributed by atoms with Crippen LogP contribution in [-0.4, -0.2) is 46.9 Å². The predicted molar refractivity (Wildman–Crippen MR) is 287 cm³/mol. The number of nitrogens with one attached hydrogen (secondary N) is 1. The molecule has 382 valence electrons. The van der Waals surface area contributed by atoms with E-state index >= 15 is 0 Å². The largest absolute Gasteiger partial charge is 0.462 e. The van der Waals surface area contributed by atoms with Crippen molar-refractivity contribution in [1.29, 1.82) is 0 Å². The average Bonchev–Trinajstić information content (AvgIpc) is 3.31. The van der Waals surface area contributed by atoms with Gasteiger partial charge in [0.2, 0.25) is 5.91 Å². The number of carbonyl (C=O) groups excluding carboxylic acids is 2. The summed E-state index contributed by atoms with van der Waals surface area (Å²) in [5.74, 6) is -0.564. The highest BCUT2D eigenvalue weighted by atomic mass is 16.5. The first-order valence-corrected chi connectivity index (χ1v) is 28.2. The molecule has 0 aromatic heterocycles. The first kappa shape index (κ1) is 63.3. The molecule has 3 unspecified atom stereocenters. The van der Waals surface area contributed by atoms with Crippen LogP contribution in [0.25, 0.3) is 0 Å². The maximum Gasteiger partial charge on any atom is 0.306 e. The second-order valence-electron chi connectivity index (χ2n) is 19.0. The molecule has 6 heteroatoms. The molecule has 0 aliphatic heterocycles. The molecule has 0 aliphatic carbocycles. The van der Waals surface area contributed by atoms with Gasteiger partial charge in [-0.3, -0.25) is 9.59 Å². The number of carbonyl (C=O) groups is 2. The standard InChI is InChI=1S/C60H107NO5/c1-4-7-10-13-16-19-22-25-28-30-32-35-38-41-44-47-50-53-60(65)66-56(51-48-45-42-39-36-33-31-29-26-23-20-17-14-11-8-5-2)54-59(64)61-57(55-62)58(63)52-49-46-43-40-37-34-27-24-21-18-15-12-9-6-3/h16,19,25,28-29,31-33,35-36,41,44,56-58,62-63H,4-15,17-18,20-24,26-27,30,34,37-40,42-43,45-55H2,1-3H3,(H,61,64)/b19-16-,28-25-,31-29+,35-32-,36-33+,44-41-. The van der Waals surface area contributed by atoms with E-state index in [-0.39, 0.29) is 24.9 Å². The lowest BCUT2D eigenvalue weighted by Gasteiger charge is -2.24. The molecule has 0 aromatic rings. The maximum absolute atomic E-state index is 13.2. The van der Waals surface area contributed by atoms with Crippen LogP contribution in [0.4, 0.5) is 0 Å². The normalized spacial score (nSPS) is 13.7. The molecule has 6 nitrogen and oxygen atoms in total. The number of aliphatic hydroxyl groups is 2. The monoisotopic (exact) mass is 922 g/mol. The van der Waals surface area contributed by atoms with Crippen molar-refractivity contribution in [3.63, 3.8) is 0 Å². The molecule has 0 fully saturated rings. The van der Waals surface area contributed by atoms with Gasteiger partial charge in [-0.15, -0.1) is 0 Å². The Morgan fingerprint density at radius 2 is 0.818 bits per heavy atom. The van der Waals surface area contributed by atoms with Crippen molar-refractivity contribution in [2.75, 3.05) is 6.61 Å². The molecule has 0 radical (unpaired) electrons. The molecule has 0 bridgehead atoms. The molecule has 0 aliphatic rings. The number of ether oxygens (including phenoxy) is 1. The molecule has 0 saturated heterocycles. The van der Waals surface area contributed by atoms with Crippen LogP contribution in [0, 0.1) is 0 Å². The SMILES string of the molecule is CCCCC/C=C\C/C=C\C/C=C\C/C=C\CCCC(=O)OC(CCCCC/C=C/C=C/CCCCCCCCC)CC(=O)NC(CO)C(O)CCCCCCCCCCCCCCCC. The minimum atomic E-state index is -0.807. The molecule has 0 rings (SSSR count). The Labute approximate surface area is 409 Å². The van der Waals surface area contributed by atoms with Crippen LogP contribution >= 0.6 is 0 Å². The Kier molecular flexibility index (Phi) is 51.1. The summed E-state index contributed by atoms with van der Waals surface area (Å²) in [7, 11) is 0. The van der Waals surface area contributed by atoms with E-state index < -0.39 is 18.2 Å². The Morgan fingerprint density at radius 1 is 0.455 bits per heavy atom. The highest BCUT2D eigenvalue weighted by Gasteiger charge is 2.24. The molecule has 0 aromatic carbocycles. The van der Waals surface area contributed by atoms with Crippen molar-refractivity contribution in [3.05, 3.63) is 72.9 Å². The highest BCUT2D eigenvalue weighted by Crippen LogP contribution is 2.17. The van der Waals surface area contributed by atoms with E-state index in [1.54, 1.807) is 0 Å². The summed E-state index contributed by atoms with van der Waals surface area (Å²) in [6, 6.07) is -0.724. The number of hydrogen-bond donors (Lipinski definition) is 3. The van der Waals surface area contributed by atoms with Crippen LogP contribution in [-0.2, 0) is 14.3 Å². The van der Waals surface area contributed by atoms with Gasteiger partial charge in [-0.2, -0.15) is 0 Å². The number of amides is 1. The zero-order chi connectivity index (χ0) is 48.1. The third-order valence-corrected chi connectivity index (χ3v) is 12.5. The van der Waals surface area contributed by atoms with Gasteiger partial charge in [-0.25, -0.2) is 0 Å². The van der Waals surface area contributed by atoms with Gasteiger partial charge in [-0.1, -0.05) is 241 Å². The summed E-state index contributed by atoms with van der Waals surface area (Å²) in [4.78, 5) is 26.2. The number of allylic oxidation sites excluding steroid dienone is 12. The van der Waals surface area contributed by atoms with E-state index in [1.165, 1.54) is 141 Å². The molecule has 0 spiro atoms. The van der Waals surface area contributed by atoms with E-state index in [4.69, 9.17) is 4.74 Å². The summed E-state index contributed by atoms with van der Waals surface area (Å²) in [5.41, 5.74) is 0. The summed E-state index contributed by atoms with van der Waals surface area (Å²) in [6.45, 7) is 6.44. The van der Waals surface area contributed by atoms with E-state index in [0.29, 0.717) is 25.7 Å². The fourth-order valence-corrected chi connectivity index (χ4v) is 8.24. The fourth-order valence-electron chi connectivity index (χ4n) is 8.24. The number of rotatable bonds is 50. The van der Waals surface area contributed by atoms with E-state index in [0.717, 1.165) is 77.0 Å². The molecular formula is C60H107NO5. The summed E-state index contributed by atoms with van der Waals surface area (Å²) < 4.78 is 5.91. The van der Waals surface area contributed by atoms with Gasteiger partial charge in [0.15, 0.2) is 0 Å². The number of hydrogen-bond acceptors (Lipinski definition) is 5. The van der Waals surface area contributed by atoms with Crippen molar-refractivity contribution < 1.29 is 24.5 Å². The third kappa shape index (κ3) is 47.8. The molecule has 0 heterocycles. The minimum absolute atomic E-state index is 0.0361. The number of esters is 1. The van der Waals surface area contributed by atoms with Gasteiger partial charge in [-0.05, 0) is 89.9 Å². The lowest BCUT2D eigenvalue weighted by molar-refractivity contribution is -0.151. The average molecular weight is 923 g/mol. The Hall–Kier alpha value is -2.70. The van der Waals surface area contributed by atoms with Gasteiger partial charge < -0.3 is 20.3 Å². The second kappa shape index (κ2) is 53.3. The van der Waals surface area contributed by atoms with Gasteiger partial charge >= 0.3 is 5.97 Å². The highest BCUT2D eigenvalue weighted by molar-refractivity contribution is 5.77. The van der Waals surface area contributed by atoms with Gasteiger partial charge in [0.05, 0.1) is 25.2 Å². The molecule has 3 atom stereocenters. The first-order chi connectivity index (χ1) is 32.5. The number of aliphatic hydroxyl groups excluding tert-OH is 2. The van der Waals surface area contributed by atoms with Crippen LogP contribution in [0.2, 0.25) is 0 Å². The zero-order valence-corrected chi connectivity index (χ0v) is 43.6. The van der Waals surface area contributed by atoms with E-state index in [2.05, 4.69) is 99.0 Å². The van der Waals surface area contributed by atoms with Crippen LogP contribution in [0.5, 0.6) is 0 Å². The maximum atomic E-state index is 13.2. The molecular weight excluding hydrogens is 815 g/mol. The number of unbranched alkanes of at least 4 members (excludes halogenated alkanes) is 27. The topological polar surface area (TPSA) is 95.9 Å². The lowest BCUT2D eigenvalue weighted by Crippen LogP contribution is -2.46. The molecule has 3 N–H and O–H groups in total. The van der Waals surface area contributed by atoms with Crippen LogP contribution in [0.1, 0.15) is 271 Å². The fraction of sp³-hybridized carbons (Fsp3) is 0.767. The van der Waals surface area contributed by atoms with E-state index in [1.807, 2.05) is 0 Å². The molecule has 66 heavy (non-hydrogen) atoms. The third-order valence-electron chi connectivity index (χ3n) is 12.5. The smallest absolute Gasteiger partial charge is 0.306 e. The van der Waals surface area contributed by atoms with Gasteiger partial charge in [0.25, 0.3) is 0 Å². The zero-order valence-electron chi connectivity index (χ0n) is 43.6. The Morgan fingerprint density at radius 3 is 1.30 bits per heavy atom. The van der Waals surface area contributed by atoms with Crippen LogP contribution in [0.15, 0.2) is 72.9 Å². The van der Waals surface area contributed by atoms with E-state index in [9.17, 15) is 19.8 Å². The van der Waals surface area contributed by atoms with Crippen molar-refractivity contribution in [2.24, 2.45) is 0 Å².